The summed E-state index contributed by atoms with van der Waals surface area (Å²) in [6.45, 7) is 8.21. The lowest BCUT2D eigenvalue weighted by atomic mass is 9.80. The van der Waals surface area contributed by atoms with Gasteiger partial charge in [0.25, 0.3) is 0 Å². The summed E-state index contributed by atoms with van der Waals surface area (Å²) in [4.78, 5) is 0. The van der Waals surface area contributed by atoms with Crippen LogP contribution < -0.4 is 5.32 Å². The Morgan fingerprint density at radius 1 is 1.08 bits per heavy atom. The molecular formula is C11H23N. The zero-order valence-electron chi connectivity index (χ0n) is 8.77. The quantitative estimate of drug-likeness (QED) is 0.685. The van der Waals surface area contributed by atoms with Crippen molar-refractivity contribution in [1.29, 1.82) is 0 Å². The minimum atomic E-state index is 0.809. The summed E-state index contributed by atoms with van der Waals surface area (Å²) in [5, 5.41) is 3.63. The SMILES string of the molecule is CCCNC1C[C@@H](C)C[C@@H](C)C1. The third-order valence-corrected chi connectivity index (χ3v) is 2.86. The molecule has 1 unspecified atom stereocenters. The maximum atomic E-state index is 3.63. The lowest BCUT2D eigenvalue weighted by Crippen LogP contribution is -2.36. The largest absolute Gasteiger partial charge is 0.314 e. The van der Waals surface area contributed by atoms with E-state index in [2.05, 4.69) is 26.1 Å². The van der Waals surface area contributed by atoms with E-state index in [0.29, 0.717) is 0 Å². The standard InChI is InChI=1S/C11H23N/c1-4-5-12-11-7-9(2)6-10(3)8-11/h9-12H,4-8H2,1-3H3/t9-,10+,11?. The maximum absolute atomic E-state index is 3.63. The van der Waals surface area contributed by atoms with Crippen LogP contribution in [0.1, 0.15) is 46.5 Å². The molecule has 0 radical (unpaired) electrons. The highest BCUT2D eigenvalue weighted by atomic mass is 14.9. The molecule has 0 aromatic heterocycles. The smallest absolute Gasteiger partial charge is 0.00721 e. The zero-order chi connectivity index (χ0) is 8.97. The average molecular weight is 169 g/mol. The summed E-state index contributed by atoms with van der Waals surface area (Å²) in [6, 6.07) is 0.809. The molecule has 1 fully saturated rings. The van der Waals surface area contributed by atoms with Crippen molar-refractivity contribution in [2.24, 2.45) is 11.8 Å². The summed E-state index contributed by atoms with van der Waals surface area (Å²) in [7, 11) is 0. The average Bonchev–Trinajstić information content (AvgIpc) is 1.99. The highest BCUT2D eigenvalue weighted by Gasteiger charge is 2.22. The molecule has 0 aliphatic heterocycles. The molecule has 1 N–H and O–H groups in total. The molecule has 1 saturated carbocycles. The molecule has 12 heavy (non-hydrogen) atoms. The second-order valence-electron chi connectivity index (χ2n) is 4.57. The summed E-state index contributed by atoms with van der Waals surface area (Å²) in [6.07, 6.45) is 5.48. The third kappa shape index (κ3) is 3.14. The molecule has 1 aliphatic carbocycles. The van der Waals surface area contributed by atoms with Crippen LogP contribution in [0.15, 0.2) is 0 Å². The Morgan fingerprint density at radius 3 is 2.17 bits per heavy atom. The molecule has 0 spiro atoms. The van der Waals surface area contributed by atoms with Gasteiger partial charge in [0.1, 0.15) is 0 Å². The van der Waals surface area contributed by atoms with Crippen LogP contribution in [0.5, 0.6) is 0 Å². The predicted molar refractivity (Wildman–Crippen MR) is 54.3 cm³/mol. The van der Waals surface area contributed by atoms with Crippen LogP contribution in [0.2, 0.25) is 0 Å². The zero-order valence-corrected chi connectivity index (χ0v) is 8.77. The molecule has 0 aromatic rings. The first-order valence-electron chi connectivity index (χ1n) is 5.45. The molecule has 0 aromatic carbocycles. The van der Waals surface area contributed by atoms with Crippen LogP contribution >= 0.6 is 0 Å². The summed E-state index contributed by atoms with van der Waals surface area (Å²) in [5.41, 5.74) is 0. The van der Waals surface area contributed by atoms with Gasteiger partial charge in [-0.1, -0.05) is 20.8 Å². The molecule has 1 heteroatoms. The minimum absolute atomic E-state index is 0.809. The van der Waals surface area contributed by atoms with Crippen LogP contribution in [0.4, 0.5) is 0 Å². The first kappa shape index (κ1) is 10.0. The summed E-state index contributed by atoms with van der Waals surface area (Å²) < 4.78 is 0. The van der Waals surface area contributed by atoms with Gasteiger partial charge < -0.3 is 5.32 Å². The van der Waals surface area contributed by atoms with Crippen LogP contribution in [-0.2, 0) is 0 Å². The van der Waals surface area contributed by atoms with Crippen molar-refractivity contribution in [3.8, 4) is 0 Å². The molecule has 1 nitrogen and oxygen atoms in total. The van der Waals surface area contributed by atoms with Crippen molar-refractivity contribution in [1.82, 2.24) is 5.32 Å². The molecule has 0 amide bonds. The van der Waals surface area contributed by atoms with Gasteiger partial charge in [0.15, 0.2) is 0 Å². The van der Waals surface area contributed by atoms with E-state index in [-0.39, 0.29) is 0 Å². The number of nitrogens with one attached hydrogen (secondary N) is 1. The fraction of sp³-hybridized carbons (Fsp3) is 1.00. The lowest BCUT2D eigenvalue weighted by Gasteiger charge is -2.32. The van der Waals surface area contributed by atoms with Crippen LogP contribution in [-0.4, -0.2) is 12.6 Å². The van der Waals surface area contributed by atoms with Gasteiger partial charge >= 0.3 is 0 Å². The van der Waals surface area contributed by atoms with Gasteiger partial charge in [-0.25, -0.2) is 0 Å². The summed E-state index contributed by atoms with van der Waals surface area (Å²) >= 11 is 0. The fourth-order valence-corrected chi connectivity index (χ4v) is 2.46. The second-order valence-corrected chi connectivity index (χ2v) is 4.57. The lowest BCUT2D eigenvalue weighted by molar-refractivity contribution is 0.239. The van der Waals surface area contributed by atoms with Gasteiger partial charge in [0.2, 0.25) is 0 Å². The first-order valence-corrected chi connectivity index (χ1v) is 5.45. The first-order chi connectivity index (χ1) is 5.72. The Hall–Kier alpha value is -0.0400. The molecule has 72 valence electrons. The van der Waals surface area contributed by atoms with E-state index in [1.54, 1.807) is 0 Å². The third-order valence-electron chi connectivity index (χ3n) is 2.86. The molecule has 0 heterocycles. The molecule has 0 saturated heterocycles. The van der Waals surface area contributed by atoms with Gasteiger partial charge in [-0.05, 0) is 44.1 Å². The Kier molecular flexibility index (Phi) is 4.07. The highest BCUT2D eigenvalue weighted by Crippen LogP contribution is 2.28. The van der Waals surface area contributed by atoms with Gasteiger partial charge in [0, 0.05) is 6.04 Å². The van der Waals surface area contributed by atoms with Crippen molar-refractivity contribution in [2.45, 2.75) is 52.5 Å². The van der Waals surface area contributed by atoms with Crippen LogP contribution in [0, 0.1) is 11.8 Å². The van der Waals surface area contributed by atoms with Crippen molar-refractivity contribution in [3.05, 3.63) is 0 Å². The number of rotatable bonds is 3. The molecule has 0 bridgehead atoms. The van der Waals surface area contributed by atoms with E-state index in [1.165, 1.54) is 32.2 Å². The fourth-order valence-electron chi connectivity index (χ4n) is 2.46. The van der Waals surface area contributed by atoms with Crippen LogP contribution in [0.25, 0.3) is 0 Å². The Labute approximate surface area is 76.9 Å². The molecule has 1 aliphatic rings. The maximum Gasteiger partial charge on any atom is 0.00721 e. The Balaban J connectivity index is 2.24. The topological polar surface area (TPSA) is 12.0 Å². The van der Waals surface area contributed by atoms with Crippen molar-refractivity contribution < 1.29 is 0 Å². The molecule has 1 rings (SSSR count). The van der Waals surface area contributed by atoms with Crippen molar-refractivity contribution >= 4 is 0 Å². The van der Waals surface area contributed by atoms with E-state index in [0.717, 1.165) is 17.9 Å². The van der Waals surface area contributed by atoms with Gasteiger partial charge in [0.05, 0.1) is 0 Å². The van der Waals surface area contributed by atoms with Crippen molar-refractivity contribution in [2.75, 3.05) is 6.54 Å². The monoisotopic (exact) mass is 169 g/mol. The molecular weight excluding hydrogens is 146 g/mol. The minimum Gasteiger partial charge on any atom is -0.314 e. The molecule has 3 atom stereocenters. The van der Waals surface area contributed by atoms with Gasteiger partial charge in [-0.2, -0.15) is 0 Å². The van der Waals surface area contributed by atoms with E-state index in [4.69, 9.17) is 0 Å². The van der Waals surface area contributed by atoms with Crippen LogP contribution in [0.3, 0.4) is 0 Å². The predicted octanol–water partition coefficient (Wildman–Crippen LogP) is 2.81. The normalized spacial score (nSPS) is 36.8. The Bertz CT molecular complexity index is 112. The number of hydrogen-bond donors (Lipinski definition) is 1. The van der Waals surface area contributed by atoms with Crippen molar-refractivity contribution in [3.63, 3.8) is 0 Å². The Morgan fingerprint density at radius 2 is 1.67 bits per heavy atom. The van der Waals surface area contributed by atoms with Gasteiger partial charge in [-0.3, -0.25) is 0 Å². The number of hydrogen-bond acceptors (Lipinski definition) is 1. The summed E-state index contributed by atoms with van der Waals surface area (Å²) in [5.74, 6) is 1.87. The van der Waals surface area contributed by atoms with E-state index < -0.39 is 0 Å². The highest BCUT2D eigenvalue weighted by molar-refractivity contribution is 4.79. The second kappa shape index (κ2) is 4.86. The van der Waals surface area contributed by atoms with Gasteiger partial charge in [-0.15, -0.1) is 0 Å². The van der Waals surface area contributed by atoms with E-state index in [9.17, 15) is 0 Å². The van der Waals surface area contributed by atoms with E-state index >= 15 is 0 Å². The van der Waals surface area contributed by atoms with E-state index in [1.807, 2.05) is 0 Å².